The first-order chi connectivity index (χ1) is 15.7. The van der Waals surface area contributed by atoms with Crippen LogP contribution in [-0.2, 0) is 9.59 Å². The summed E-state index contributed by atoms with van der Waals surface area (Å²) in [4.78, 5) is 22.4. The zero-order valence-corrected chi connectivity index (χ0v) is 18.9. The molecule has 0 aliphatic rings. The highest BCUT2D eigenvalue weighted by Gasteiger charge is 2.23. The molecule has 0 aliphatic carbocycles. The summed E-state index contributed by atoms with van der Waals surface area (Å²) >= 11 is 0. The molecule has 1 N–H and O–H groups in total. The highest BCUT2D eigenvalue weighted by atomic mass is 19.1. The van der Waals surface area contributed by atoms with Crippen LogP contribution in [0.4, 0.5) is 4.39 Å². The first kappa shape index (κ1) is 24.1. The number of carbonyl (C=O) groups is 2. The molecule has 3 rings (SSSR count). The summed E-state index contributed by atoms with van der Waals surface area (Å²) in [6.07, 6.45) is 1.07. The molecular weight excluding hydrogens is 421 g/mol. The monoisotopic (exact) mass is 448 g/mol. The molecule has 2 aromatic carbocycles. The fourth-order valence-electron chi connectivity index (χ4n) is 4.16. The number of aliphatic carboxylic acids is 1. The van der Waals surface area contributed by atoms with Gasteiger partial charge in [-0.25, -0.2) is 4.39 Å². The Morgan fingerprint density at radius 2 is 1.73 bits per heavy atom. The van der Waals surface area contributed by atoms with Crippen molar-refractivity contribution in [3.8, 4) is 16.9 Å². The van der Waals surface area contributed by atoms with Crippen molar-refractivity contribution in [2.24, 2.45) is 0 Å². The summed E-state index contributed by atoms with van der Waals surface area (Å²) in [6, 6.07) is 16.0. The fourth-order valence-corrected chi connectivity index (χ4v) is 4.16. The number of para-hydroxylation sites is 1. The van der Waals surface area contributed by atoms with Gasteiger partial charge in [-0.3, -0.25) is 4.79 Å². The van der Waals surface area contributed by atoms with Crippen LogP contribution < -0.4 is 5.11 Å². The first-order valence-corrected chi connectivity index (χ1v) is 10.8. The number of aliphatic hydroxyl groups is 1. The van der Waals surface area contributed by atoms with Gasteiger partial charge in [0.15, 0.2) is 0 Å². The molecule has 5 nitrogen and oxygen atoms in total. The predicted octanol–water partition coefficient (Wildman–Crippen LogP) is 4.19. The van der Waals surface area contributed by atoms with Gasteiger partial charge >= 0.3 is 0 Å². The number of carboxylic acid groups (broad SMARTS) is 1. The third-order valence-electron chi connectivity index (χ3n) is 5.47. The molecule has 1 unspecified atom stereocenters. The number of ketones is 1. The van der Waals surface area contributed by atoms with Gasteiger partial charge in [0, 0.05) is 35.8 Å². The first-order valence-electron chi connectivity index (χ1n) is 10.8. The van der Waals surface area contributed by atoms with Crippen molar-refractivity contribution in [3.63, 3.8) is 0 Å². The molecular formula is C27H27FNO4-. The average Bonchev–Trinajstić information content (AvgIpc) is 3.05. The number of Topliss-reactive ketones (excluding diaryl/α,β-unsaturated/α-hetero) is 1. The SMILES string of the molecule is Cc1c(C(C)C)c(/C=C/C(O)CC(=O)CC(=O)[O-])c(-c2ccc(F)cc2)n1-c1ccccc1. The van der Waals surface area contributed by atoms with Gasteiger partial charge in [-0.05, 0) is 60.4 Å². The number of rotatable bonds is 9. The van der Waals surface area contributed by atoms with Crippen LogP contribution in [0.1, 0.15) is 49.4 Å². The van der Waals surface area contributed by atoms with E-state index >= 15 is 0 Å². The molecule has 172 valence electrons. The fraction of sp³-hybridized carbons (Fsp3) is 0.259. The Hall–Kier alpha value is -3.51. The topological polar surface area (TPSA) is 82.4 Å². The molecule has 1 aromatic heterocycles. The molecule has 1 atom stereocenters. The van der Waals surface area contributed by atoms with E-state index < -0.39 is 24.3 Å². The van der Waals surface area contributed by atoms with Gasteiger partial charge in [0.1, 0.15) is 11.6 Å². The van der Waals surface area contributed by atoms with Gasteiger partial charge in [-0.2, -0.15) is 0 Å². The van der Waals surface area contributed by atoms with Crippen LogP contribution in [0.2, 0.25) is 0 Å². The molecule has 33 heavy (non-hydrogen) atoms. The van der Waals surface area contributed by atoms with Crippen molar-refractivity contribution >= 4 is 17.8 Å². The molecule has 0 amide bonds. The summed E-state index contributed by atoms with van der Waals surface area (Å²) in [5.41, 5.74) is 5.51. The normalized spacial score (nSPS) is 12.4. The van der Waals surface area contributed by atoms with E-state index in [1.54, 1.807) is 18.2 Å². The Morgan fingerprint density at radius 1 is 1.09 bits per heavy atom. The maximum Gasteiger partial charge on any atom is 0.141 e. The number of hydrogen-bond donors (Lipinski definition) is 1. The number of hydrogen-bond acceptors (Lipinski definition) is 4. The minimum absolute atomic E-state index is 0.144. The molecule has 6 heteroatoms. The Bertz CT molecular complexity index is 1160. The number of carboxylic acids is 1. The molecule has 3 aromatic rings. The van der Waals surface area contributed by atoms with Crippen molar-refractivity contribution in [2.45, 2.75) is 45.6 Å². The molecule has 0 spiro atoms. The summed E-state index contributed by atoms with van der Waals surface area (Å²) in [7, 11) is 0. The van der Waals surface area contributed by atoms with Gasteiger partial charge in [0.25, 0.3) is 0 Å². The summed E-state index contributed by atoms with van der Waals surface area (Å²) in [5, 5.41) is 21.0. The molecule has 0 radical (unpaired) electrons. The maximum absolute atomic E-state index is 13.7. The maximum atomic E-state index is 13.7. The van der Waals surface area contributed by atoms with Crippen molar-refractivity contribution in [2.75, 3.05) is 0 Å². The lowest BCUT2D eigenvalue weighted by Crippen LogP contribution is -2.26. The number of aromatic nitrogens is 1. The molecule has 1 heterocycles. The lowest BCUT2D eigenvalue weighted by atomic mass is 9.95. The molecule has 0 saturated heterocycles. The standard InChI is InChI=1S/C27H28FNO4/c1-17(2)26-18(3)29(21-7-5-4-6-8-21)27(19-9-11-20(28)12-10-19)24(26)14-13-22(30)15-23(31)16-25(32)33/h4-14,17,22,30H,15-16H2,1-3H3,(H,32,33)/p-1/b14-13+. The van der Waals surface area contributed by atoms with E-state index in [0.717, 1.165) is 33.8 Å². The van der Waals surface area contributed by atoms with Crippen LogP contribution in [-0.4, -0.2) is 27.5 Å². The third kappa shape index (κ3) is 5.65. The zero-order chi connectivity index (χ0) is 24.1. The highest BCUT2D eigenvalue weighted by Crippen LogP contribution is 2.39. The highest BCUT2D eigenvalue weighted by molar-refractivity contribution is 5.94. The Balaban J connectivity index is 2.16. The lowest BCUT2D eigenvalue weighted by Gasteiger charge is -2.13. The van der Waals surface area contributed by atoms with E-state index in [-0.39, 0.29) is 18.2 Å². The van der Waals surface area contributed by atoms with Crippen LogP contribution in [0.25, 0.3) is 23.0 Å². The van der Waals surface area contributed by atoms with Crippen LogP contribution in [0, 0.1) is 12.7 Å². The molecule has 0 saturated carbocycles. The van der Waals surface area contributed by atoms with Crippen LogP contribution >= 0.6 is 0 Å². The van der Waals surface area contributed by atoms with Crippen molar-refractivity contribution in [1.82, 2.24) is 4.57 Å². The number of nitrogens with zero attached hydrogens (tertiary/aromatic N) is 1. The van der Waals surface area contributed by atoms with E-state index in [2.05, 4.69) is 18.4 Å². The van der Waals surface area contributed by atoms with Crippen molar-refractivity contribution in [1.29, 1.82) is 0 Å². The van der Waals surface area contributed by atoms with Gasteiger partial charge in [0.2, 0.25) is 0 Å². The van der Waals surface area contributed by atoms with Gasteiger partial charge < -0.3 is 19.6 Å². The second kappa shape index (κ2) is 10.4. The quantitative estimate of drug-likeness (QED) is 0.498. The summed E-state index contributed by atoms with van der Waals surface area (Å²) in [6.45, 7) is 6.17. The van der Waals surface area contributed by atoms with Gasteiger partial charge in [0.05, 0.1) is 11.8 Å². The molecule has 0 bridgehead atoms. The smallest absolute Gasteiger partial charge is 0.141 e. The summed E-state index contributed by atoms with van der Waals surface area (Å²) in [5.74, 6) is -2.26. The third-order valence-corrected chi connectivity index (χ3v) is 5.47. The average molecular weight is 449 g/mol. The Morgan fingerprint density at radius 3 is 2.30 bits per heavy atom. The van der Waals surface area contributed by atoms with Crippen LogP contribution in [0.3, 0.4) is 0 Å². The van der Waals surface area contributed by atoms with E-state index in [9.17, 15) is 24.2 Å². The van der Waals surface area contributed by atoms with Crippen molar-refractivity contribution in [3.05, 3.63) is 83.3 Å². The van der Waals surface area contributed by atoms with E-state index in [1.165, 1.54) is 18.2 Å². The van der Waals surface area contributed by atoms with E-state index in [0.29, 0.717) is 0 Å². The molecule has 0 aliphatic heterocycles. The largest absolute Gasteiger partial charge is 0.550 e. The second-order valence-corrected chi connectivity index (χ2v) is 8.31. The second-order valence-electron chi connectivity index (χ2n) is 8.31. The predicted molar refractivity (Wildman–Crippen MR) is 124 cm³/mol. The summed E-state index contributed by atoms with van der Waals surface area (Å²) < 4.78 is 15.8. The van der Waals surface area contributed by atoms with Crippen LogP contribution in [0.5, 0.6) is 0 Å². The number of carbonyl (C=O) groups excluding carboxylic acids is 2. The minimum atomic E-state index is -1.47. The molecule has 0 fully saturated rings. The van der Waals surface area contributed by atoms with E-state index in [1.807, 2.05) is 37.3 Å². The van der Waals surface area contributed by atoms with Crippen molar-refractivity contribution < 1.29 is 24.2 Å². The zero-order valence-electron chi connectivity index (χ0n) is 18.9. The number of aliphatic hydroxyl groups excluding tert-OH is 1. The lowest BCUT2D eigenvalue weighted by molar-refractivity contribution is -0.304. The minimum Gasteiger partial charge on any atom is -0.550 e. The van der Waals surface area contributed by atoms with E-state index in [4.69, 9.17) is 0 Å². The number of benzene rings is 2. The van der Waals surface area contributed by atoms with Gasteiger partial charge in [-0.1, -0.05) is 44.2 Å². The Labute approximate surface area is 192 Å². The van der Waals surface area contributed by atoms with Gasteiger partial charge in [-0.15, -0.1) is 0 Å². The van der Waals surface area contributed by atoms with Crippen LogP contribution in [0.15, 0.2) is 60.7 Å². The number of halogens is 1. The Kier molecular flexibility index (Phi) is 7.61.